The highest BCUT2D eigenvalue weighted by Gasteiger charge is 2.16. The van der Waals surface area contributed by atoms with E-state index in [1.807, 2.05) is 36.4 Å². The van der Waals surface area contributed by atoms with E-state index in [1.54, 1.807) is 6.20 Å². The van der Waals surface area contributed by atoms with Gasteiger partial charge in [-0.25, -0.2) is 0 Å². The van der Waals surface area contributed by atoms with Crippen LogP contribution in [0, 0.1) is 0 Å². The molecule has 1 aromatic carbocycles. The number of hydrogen-bond acceptors (Lipinski definition) is 2. The lowest BCUT2D eigenvalue weighted by Gasteiger charge is -2.17. The van der Waals surface area contributed by atoms with E-state index < -0.39 is 6.10 Å². The van der Waals surface area contributed by atoms with Crippen LogP contribution in [0.3, 0.4) is 0 Å². The van der Waals surface area contributed by atoms with Gasteiger partial charge in [0.25, 0.3) is 0 Å². The van der Waals surface area contributed by atoms with E-state index in [4.69, 9.17) is 0 Å². The monoisotopic (exact) mass is 227 g/mol. The standard InChI is InChI=1S/C15H17NO/c1-11(2)12-7-3-4-8-13(12)15(17)14-9-5-6-10-16-14/h3-11,15,17H,1-2H3. The Bertz CT molecular complexity index is 479. The highest BCUT2D eigenvalue weighted by molar-refractivity contribution is 5.35. The fourth-order valence-electron chi connectivity index (χ4n) is 1.98. The fourth-order valence-corrected chi connectivity index (χ4v) is 1.98. The Morgan fingerprint density at radius 3 is 2.18 bits per heavy atom. The molecule has 0 saturated carbocycles. The number of aliphatic hydroxyl groups excluding tert-OH is 1. The molecule has 0 radical (unpaired) electrons. The Balaban J connectivity index is 2.41. The van der Waals surface area contributed by atoms with Crippen molar-refractivity contribution in [3.05, 3.63) is 65.5 Å². The third-order valence-electron chi connectivity index (χ3n) is 2.88. The first-order chi connectivity index (χ1) is 8.20. The minimum atomic E-state index is -0.644. The largest absolute Gasteiger partial charge is 0.382 e. The highest BCUT2D eigenvalue weighted by Crippen LogP contribution is 2.28. The molecule has 0 aliphatic carbocycles. The zero-order chi connectivity index (χ0) is 12.3. The molecule has 1 atom stereocenters. The summed E-state index contributed by atoms with van der Waals surface area (Å²) in [4.78, 5) is 4.21. The van der Waals surface area contributed by atoms with Gasteiger partial charge < -0.3 is 5.11 Å². The van der Waals surface area contributed by atoms with Crippen molar-refractivity contribution in [3.63, 3.8) is 0 Å². The second kappa shape index (κ2) is 5.11. The van der Waals surface area contributed by atoms with Crippen LogP contribution in [0.25, 0.3) is 0 Å². The number of nitrogens with zero attached hydrogens (tertiary/aromatic N) is 1. The van der Waals surface area contributed by atoms with Crippen molar-refractivity contribution < 1.29 is 5.11 Å². The molecule has 0 saturated heterocycles. The first kappa shape index (κ1) is 11.8. The summed E-state index contributed by atoms with van der Waals surface area (Å²) in [6, 6.07) is 13.6. The van der Waals surface area contributed by atoms with Gasteiger partial charge in [-0.2, -0.15) is 0 Å². The Morgan fingerprint density at radius 1 is 0.941 bits per heavy atom. The van der Waals surface area contributed by atoms with Crippen molar-refractivity contribution in [3.8, 4) is 0 Å². The quantitative estimate of drug-likeness (QED) is 0.872. The van der Waals surface area contributed by atoms with Crippen molar-refractivity contribution in [2.24, 2.45) is 0 Å². The van der Waals surface area contributed by atoms with E-state index in [-0.39, 0.29) is 0 Å². The third kappa shape index (κ3) is 2.53. The molecular weight excluding hydrogens is 210 g/mol. The van der Waals surface area contributed by atoms with Crippen molar-refractivity contribution in [1.29, 1.82) is 0 Å². The van der Waals surface area contributed by atoms with Crippen molar-refractivity contribution in [2.45, 2.75) is 25.9 Å². The van der Waals surface area contributed by atoms with Crippen LogP contribution < -0.4 is 0 Å². The summed E-state index contributed by atoms with van der Waals surface area (Å²) in [6.45, 7) is 4.26. The lowest BCUT2D eigenvalue weighted by molar-refractivity contribution is 0.214. The number of benzene rings is 1. The minimum Gasteiger partial charge on any atom is -0.382 e. The molecule has 2 aromatic rings. The van der Waals surface area contributed by atoms with Gasteiger partial charge in [-0.05, 0) is 29.2 Å². The van der Waals surface area contributed by atoms with Gasteiger partial charge in [-0.15, -0.1) is 0 Å². The minimum absolute atomic E-state index is 0.393. The van der Waals surface area contributed by atoms with Crippen LogP contribution in [-0.4, -0.2) is 10.1 Å². The summed E-state index contributed by atoms with van der Waals surface area (Å²) in [5.74, 6) is 0.393. The Hall–Kier alpha value is -1.67. The Morgan fingerprint density at radius 2 is 1.59 bits per heavy atom. The number of aromatic nitrogens is 1. The number of aliphatic hydroxyl groups is 1. The molecule has 1 N–H and O–H groups in total. The van der Waals surface area contributed by atoms with E-state index >= 15 is 0 Å². The molecule has 2 heteroatoms. The van der Waals surface area contributed by atoms with Crippen LogP contribution in [-0.2, 0) is 0 Å². The molecule has 0 bridgehead atoms. The Kier molecular flexibility index (Phi) is 3.55. The van der Waals surface area contributed by atoms with Gasteiger partial charge in [0.15, 0.2) is 0 Å². The van der Waals surface area contributed by atoms with Crippen LogP contribution in [0.15, 0.2) is 48.7 Å². The molecule has 0 aliphatic heterocycles. The summed E-state index contributed by atoms with van der Waals surface area (Å²) >= 11 is 0. The molecule has 1 aromatic heterocycles. The van der Waals surface area contributed by atoms with Crippen LogP contribution in [0.2, 0.25) is 0 Å². The van der Waals surface area contributed by atoms with Gasteiger partial charge in [0.2, 0.25) is 0 Å². The zero-order valence-corrected chi connectivity index (χ0v) is 10.2. The molecule has 0 spiro atoms. The molecule has 1 heterocycles. The SMILES string of the molecule is CC(C)c1ccccc1C(O)c1ccccn1. The summed E-state index contributed by atoms with van der Waals surface area (Å²) in [5, 5.41) is 10.4. The number of pyridine rings is 1. The van der Waals surface area contributed by atoms with Crippen LogP contribution in [0.4, 0.5) is 0 Å². The van der Waals surface area contributed by atoms with Crippen LogP contribution in [0.5, 0.6) is 0 Å². The predicted octanol–water partition coefficient (Wildman–Crippen LogP) is 3.29. The lowest BCUT2D eigenvalue weighted by Crippen LogP contribution is -2.06. The van der Waals surface area contributed by atoms with Gasteiger partial charge >= 0.3 is 0 Å². The van der Waals surface area contributed by atoms with E-state index in [1.165, 1.54) is 5.56 Å². The van der Waals surface area contributed by atoms with Gasteiger partial charge in [0.1, 0.15) is 6.10 Å². The second-order valence-corrected chi connectivity index (χ2v) is 4.44. The maximum absolute atomic E-state index is 10.4. The first-order valence-corrected chi connectivity index (χ1v) is 5.88. The van der Waals surface area contributed by atoms with Crippen molar-refractivity contribution >= 4 is 0 Å². The average Bonchev–Trinajstić information content (AvgIpc) is 2.39. The van der Waals surface area contributed by atoms with E-state index in [9.17, 15) is 5.11 Å². The summed E-state index contributed by atoms with van der Waals surface area (Å²) < 4.78 is 0. The maximum Gasteiger partial charge on any atom is 0.121 e. The third-order valence-corrected chi connectivity index (χ3v) is 2.88. The van der Waals surface area contributed by atoms with Gasteiger partial charge in [0, 0.05) is 6.20 Å². The first-order valence-electron chi connectivity index (χ1n) is 5.88. The van der Waals surface area contributed by atoms with Crippen molar-refractivity contribution in [2.75, 3.05) is 0 Å². The Labute approximate surface area is 102 Å². The normalized spacial score (nSPS) is 12.7. The molecule has 0 aliphatic rings. The molecule has 2 rings (SSSR count). The van der Waals surface area contributed by atoms with Crippen LogP contribution >= 0.6 is 0 Å². The highest BCUT2D eigenvalue weighted by atomic mass is 16.3. The van der Waals surface area contributed by atoms with Crippen molar-refractivity contribution in [1.82, 2.24) is 4.98 Å². The summed E-state index contributed by atoms with van der Waals surface area (Å²) in [5.41, 5.74) is 2.81. The number of rotatable bonds is 3. The summed E-state index contributed by atoms with van der Waals surface area (Å²) in [7, 11) is 0. The second-order valence-electron chi connectivity index (χ2n) is 4.44. The number of hydrogen-bond donors (Lipinski definition) is 1. The topological polar surface area (TPSA) is 33.1 Å². The van der Waals surface area contributed by atoms with E-state index in [0.717, 1.165) is 5.56 Å². The molecule has 2 nitrogen and oxygen atoms in total. The predicted molar refractivity (Wildman–Crippen MR) is 68.8 cm³/mol. The molecule has 1 unspecified atom stereocenters. The van der Waals surface area contributed by atoms with E-state index in [0.29, 0.717) is 11.6 Å². The smallest absolute Gasteiger partial charge is 0.121 e. The average molecular weight is 227 g/mol. The summed E-state index contributed by atoms with van der Waals surface area (Å²) in [6.07, 6.45) is 1.06. The molecule has 88 valence electrons. The van der Waals surface area contributed by atoms with Gasteiger partial charge in [-0.3, -0.25) is 4.98 Å². The van der Waals surface area contributed by atoms with Gasteiger partial charge in [0.05, 0.1) is 5.69 Å². The maximum atomic E-state index is 10.4. The van der Waals surface area contributed by atoms with Crippen LogP contribution in [0.1, 0.15) is 42.7 Å². The lowest BCUT2D eigenvalue weighted by atomic mass is 9.93. The molecular formula is C15H17NO. The van der Waals surface area contributed by atoms with E-state index in [2.05, 4.69) is 24.9 Å². The fraction of sp³-hybridized carbons (Fsp3) is 0.267. The molecule has 0 fully saturated rings. The molecule has 0 amide bonds. The zero-order valence-electron chi connectivity index (χ0n) is 10.2. The molecule has 17 heavy (non-hydrogen) atoms. The van der Waals surface area contributed by atoms with Gasteiger partial charge in [-0.1, -0.05) is 44.2 Å².